The predicted molar refractivity (Wildman–Crippen MR) is 83.6 cm³/mol. The van der Waals surface area contributed by atoms with E-state index < -0.39 is 0 Å². The van der Waals surface area contributed by atoms with Gasteiger partial charge >= 0.3 is 5.97 Å². The van der Waals surface area contributed by atoms with E-state index >= 15 is 0 Å². The molecule has 0 saturated carbocycles. The first-order valence-electron chi connectivity index (χ1n) is 7.73. The average molecular weight is 308 g/mol. The van der Waals surface area contributed by atoms with Crippen LogP contribution in [0.25, 0.3) is 0 Å². The number of carbonyl (C=O) groups is 1. The Morgan fingerprint density at radius 1 is 1.29 bits per heavy atom. The summed E-state index contributed by atoms with van der Waals surface area (Å²) in [6.07, 6.45) is 4.46. The highest BCUT2D eigenvalue weighted by Gasteiger charge is 2.40. The highest BCUT2D eigenvalue weighted by molar-refractivity contribution is 6.31. The first kappa shape index (κ1) is 14.9. The van der Waals surface area contributed by atoms with Crippen LogP contribution in [0, 0.1) is 0 Å². The second-order valence-corrected chi connectivity index (χ2v) is 6.73. The van der Waals surface area contributed by atoms with Crippen LogP contribution in [-0.2, 0) is 9.53 Å². The maximum atomic E-state index is 12.4. The van der Waals surface area contributed by atoms with E-state index in [2.05, 4.69) is 11.9 Å². The minimum absolute atomic E-state index is 0.0659. The molecule has 2 saturated heterocycles. The normalized spacial score (nSPS) is 30.1. The van der Waals surface area contributed by atoms with E-state index in [-0.39, 0.29) is 18.0 Å². The minimum Gasteiger partial charge on any atom is -0.462 e. The van der Waals surface area contributed by atoms with Crippen molar-refractivity contribution in [3.8, 4) is 0 Å². The number of rotatable bonds is 3. The van der Waals surface area contributed by atoms with Crippen LogP contribution in [0.3, 0.4) is 0 Å². The van der Waals surface area contributed by atoms with Crippen molar-refractivity contribution in [1.29, 1.82) is 0 Å². The van der Waals surface area contributed by atoms with Crippen molar-refractivity contribution in [2.75, 3.05) is 7.05 Å². The Hall–Kier alpha value is -1.06. The first-order valence-corrected chi connectivity index (χ1v) is 8.11. The summed E-state index contributed by atoms with van der Waals surface area (Å²) in [7, 11) is 2.19. The highest BCUT2D eigenvalue weighted by atomic mass is 35.5. The number of esters is 1. The van der Waals surface area contributed by atoms with Crippen molar-refractivity contribution in [2.24, 2.45) is 0 Å². The van der Waals surface area contributed by atoms with Crippen LogP contribution < -0.4 is 0 Å². The van der Waals surface area contributed by atoms with E-state index in [4.69, 9.17) is 16.3 Å². The van der Waals surface area contributed by atoms with E-state index in [0.717, 1.165) is 18.4 Å². The molecule has 1 aromatic rings. The summed E-state index contributed by atoms with van der Waals surface area (Å²) in [6, 6.07) is 8.65. The third kappa shape index (κ3) is 2.95. The predicted octanol–water partition coefficient (Wildman–Crippen LogP) is 3.61. The van der Waals surface area contributed by atoms with Gasteiger partial charge in [-0.25, -0.2) is 0 Å². The quantitative estimate of drug-likeness (QED) is 0.799. The maximum absolute atomic E-state index is 12.4. The van der Waals surface area contributed by atoms with Gasteiger partial charge in [-0.15, -0.1) is 0 Å². The van der Waals surface area contributed by atoms with Crippen molar-refractivity contribution in [3.63, 3.8) is 0 Å². The lowest BCUT2D eigenvalue weighted by atomic mass is 9.99. The van der Waals surface area contributed by atoms with Gasteiger partial charge in [-0.05, 0) is 51.3 Å². The molecule has 2 aliphatic heterocycles. The standard InChI is InChI=1S/C17H22ClNO2/c1-11(15-5-3-4-6-16(15)18)17(20)21-14-9-12-7-8-13(10-14)19(12)2/h3-6,11-14H,7-10H2,1-2H3/t11?,12-,13+,14?. The Kier molecular flexibility index (Phi) is 4.23. The summed E-state index contributed by atoms with van der Waals surface area (Å²) in [5.41, 5.74) is 0.847. The van der Waals surface area contributed by atoms with Gasteiger partial charge in [-0.3, -0.25) is 4.79 Å². The van der Waals surface area contributed by atoms with Crippen LogP contribution in [0.2, 0.25) is 5.02 Å². The van der Waals surface area contributed by atoms with Gasteiger partial charge in [0.1, 0.15) is 6.10 Å². The van der Waals surface area contributed by atoms with Crippen molar-refractivity contribution in [1.82, 2.24) is 4.90 Å². The highest BCUT2D eigenvalue weighted by Crippen LogP contribution is 2.36. The second kappa shape index (κ2) is 5.98. The Morgan fingerprint density at radius 2 is 1.90 bits per heavy atom. The number of ether oxygens (including phenoxy) is 1. The molecule has 2 unspecified atom stereocenters. The lowest BCUT2D eigenvalue weighted by Gasteiger charge is -2.36. The molecule has 2 aliphatic rings. The Bertz CT molecular complexity index is 519. The van der Waals surface area contributed by atoms with Gasteiger partial charge in [-0.1, -0.05) is 29.8 Å². The summed E-state index contributed by atoms with van der Waals surface area (Å²) in [5.74, 6) is -0.465. The lowest BCUT2D eigenvalue weighted by molar-refractivity contribution is -0.153. The number of fused-ring (bicyclic) bond motifs is 2. The van der Waals surface area contributed by atoms with Crippen LogP contribution >= 0.6 is 11.6 Å². The molecule has 2 bridgehead atoms. The molecule has 114 valence electrons. The SMILES string of the molecule is CC(C(=O)OC1C[C@H]2CC[C@@H](C1)N2C)c1ccccc1Cl. The summed E-state index contributed by atoms with van der Waals surface area (Å²) in [6.45, 7) is 1.87. The van der Waals surface area contributed by atoms with E-state index in [1.807, 2.05) is 31.2 Å². The largest absolute Gasteiger partial charge is 0.462 e. The third-order valence-corrected chi connectivity index (χ3v) is 5.41. The van der Waals surface area contributed by atoms with Crippen molar-refractivity contribution in [2.45, 2.75) is 56.7 Å². The van der Waals surface area contributed by atoms with Gasteiger partial charge in [0.2, 0.25) is 0 Å². The molecule has 0 N–H and O–H groups in total. The molecule has 0 radical (unpaired) electrons. The molecule has 2 fully saturated rings. The number of benzene rings is 1. The van der Waals surface area contributed by atoms with Crippen molar-refractivity contribution < 1.29 is 9.53 Å². The monoisotopic (exact) mass is 307 g/mol. The van der Waals surface area contributed by atoms with Gasteiger partial charge < -0.3 is 9.64 Å². The molecule has 0 aromatic heterocycles. The molecule has 4 atom stereocenters. The maximum Gasteiger partial charge on any atom is 0.313 e. The van der Waals surface area contributed by atoms with Gasteiger partial charge in [0.15, 0.2) is 0 Å². The zero-order valence-corrected chi connectivity index (χ0v) is 13.3. The minimum atomic E-state index is -0.309. The number of hydrogen-bond acceptors (Lipinski definition) is 3. The molecule has 3 nitrogen and oxygen atoms in total. The summed E-state index contributed by atoms with van der Waals surface area (Å²) < 4.78 is 5.77. The molecule has 0 aliphatic carbocycles. The van der Waals surface area contributed by atoms with Crippen molar-refractivity contribution in [3.05, 3.63) is 34.9 Å². The molecule has 2 heterocycles. The number of hydrogen-bond donors (Lipinski definition) is 0. The van der Waals surface area contributed by atoms with E-state index in [0.29, 0.717) is 17.1 Å². The van der Waals surface area contributed by atoms with Crippen molar-refractivity contribution >= 4 is 17.6 Å². The van der Waals surface area contributed by atoms with Crippen LogP contribution in [0.15, 0.2) is 24.3 Å². The van der Waals surface area contributed by atoms with Gasteiger partial charge in [0.25, 0.3) is 0 Å². The first-order chi connectivity index (χ1) is 10.1. The number of piperidine rings is 1. The summed E-state index contributed by atoms with van der Waals surface area (Å²) >= 11 is 6.17. The Balaban J connectivity index is 1.63. The lowest BCUT2D eigenvalue weighted by Crippen LogP contribution is -2.43. The number of halogens is 1. The van der Waals surface area contributed by atoms with Gasteiger partial charge in [-0.2, -0.15) is 0 Å². The Labute approximate surface area is 131 Å². The van der Waals surface area contributed by atoms with E-state index in [9.17, 15) is 4.79 Å². The zero-order chi connectivity index (χ0) is 15.0. The number of nitrogens with zero attached hydrogens (tertiary/aromatic N) is 1. The number of carbonyl (C=O) groups excluding carboxylic acids is 1. The molecule has 1 aromatic carbocycles. The fourth-order valence-electron chi connectivity index (χ4n) is 3.68. The molecular weight excluding hydrogens is 286 g/mol. The second-order valence-electron chi connectivity index (χ2n) is 6.32. The fraction of sp³-hybridized carbons (Fsp3) is 0.588. The topological polar surface area (TPSA) is 29.5 Å². The van der Waals surface area contributed by atoms with E-state index in [1.54, 1.807) is 0 Å². The van der Waals surface area contributed by atoms with Crippen LogP contribution in [0.1, 0.15) is 44.1 Å². The summed E-state index contributed by atoms with van der Waals surface area (Å²) in [5, 5.41) is 0.630. The van der Waals surface area contributed by atoms with Gasteiger partial charge in [0, 0.05) is 17.1 Å². The third-order valence-electron chi connectivity index (χ3n) is 5.06. The van der Waals surface area contributed by atoms with Gasteiger partial charge in [0.05, 0.1) is 5.92 Å². The van der Waals surface area contributed by atoms with Crippen LogP contribution in [-0.4, -0.2) is 36.1 Å². The van der Waals surface area contributed by atoms with E-state index in [1.165, 1.54) is 12.8 Å². The Morgan fingerprint density at radius 3 is 2.52 bits per heavy atom. The molecule has 3 rings (SSSR count). The molecule has 0 amide bonds. The van der Waals surface area contributed by atoms with Crippen LogP contribution in [0.4, 0.5) is 0 Å². The smallest absolute Gasteiger partial charge is 0.313 e. The fourth-order valence-corrected chi connectivity index (χ4v) is 3.98. The molecule has 21 heavy (non-hydrogen) atoms. The average Bonchev–Trinajstić information content (AvgIpc) is 2.69. The molecule has 0 spiro atoms. The molecular formula is C17H22ClNO2. The zero-order valence-electron chi connectivity index (χ0n) is 12.6. The van der Waals surface area contributed by atoms with Crippen LogP contribution in [0.5, 0.6) is 0 Å². The molecule has 4 heteroatoms. The summed E-state index contributed by atoms with van der Waals surface area (Å²) in [4.78, 5) is 14.8.